The predicted octanol–water partition coefficient (Wildman–Crippen LogP) is 1.54. The summed E-state index contributed by atoms with van der Waals surface area (Å²) in [5.74, 6) is 1.41. The Hall–Kier alpha value is -0.830. The molecule has 0 saturated carbocycles. The van der Waals surface area contributed by atoms with Crippen LogP contribution >= 0.6 is 24.0 Å². The molecule has 0 unspecified atom stereocenters. The number of aryl methyl sites for hydroxylation is 1. The Bertz CT molecular complexity index is 476. The maximum atomic E-state index is 5.93. The number of hydrogen-bond donors (Lipinski definition) is 2. The zero-order chi connectivity index (χ0) is 13.8. The summed E-state index contributed by atoms with van der Waals surface area (Å²) in [7, 11) is 0. The summed E-state index contributed by atoms with van der Waals surface area (Å²) in [5, 5.41) is 11.1. The van der Waals surface area contributed by atoms with Crippen molar-refractivity contribution in [3.8, 4) is 0 Å². The first kappa shape index (κ1) is 16.5. The van der Waals surface area contributed by atoms with Crippen molar-refractivity contribution in [3.05, 3.63) is 18.0 Å². The molecule has 0 aliphatic carbocycles. The van der Waals surface area contributed by atoms with Gasteiger partial charge in [0.15, 0.2) is 5.96 Å². The lowest BCUT2D eigenvalue weighted by Gasteiger charge is -2.22. The molecule has 1 aromatic heterocycles. The van der Waals surface area contributed by atoms with E-state index in [9.17, 15) is 0 Å². The van der Waals surface area contributed by atoms with Crippen molar-refractivity contribution in [2.24, 2.45) is 10.9 Å². The van der Waals surface area contributed by atoms with Crippen LogP contribution in [0.2, 0.25) is 0 Å². The number of rotatable bonds is 4. The maximum Gasteiger partial charge on any atom is 0.191 e. The van der Waals surface area contributed by atoms with Crippen molar-refractivity contribution in [3.63, 3.8) is 0 Å². The number of nitrogens with zero attached hydrogens (tertiary/aromatic N) is 3. The highest BCUT2D eigenvalue weighted by Crippen LogP contribution is 2.33. The van der Waals surface area contributed by atoms with E-state index in [-0.39, 0.29) is 30.1 Å². The first-order valence-corrected chi connectivity index (χ1v) is 7.54. The third-order valence-electron chi connectivity index (χ3n) is 3.98. The normalized spacial score (nSPS) is 24.9. The molecule has 2 aliphatic heterocycles. The number of nitrogens with one attached hydrogen (secondary N) is 2. The van der Waals surface area contributed by atoms with Gasteiger partial charge in [-0.25, -0.2) is 0 Å². The molecule has 3 heterocycles. The van der Waals surface area contributed by atoms with Crippen LogP contribution in [0.15, 0.2) is 17.3 Å². The number of guanidine groups is 1. The summed E-state index contributed by atoms with van der Waals surface area (Å²) in [4.78, 5) is 4.45. The molecule has 2 N–H and O–H groups in total. The summed E-state index contributed by atoms with van der Waals surface area (Å²) >= 11 is 0. The molecule has 2 aliphatic rings. The fourth-order valence-corrected chi connectivity index (χ4v) is 2.90. The Kier molecular flexibility index (Phi) is 6.28. The van der Waals surface area contributed by atoms with Gasteiger partial charge in [-0.1, -0.05) is 0 Å². The average molecular weight is 405 g/mol. The van der Waals surface area contributed by atoms with Crippen LogP contribution in [0.4, 0.5) is 0 Å². The van der Waals surface area contributed by atoms with E-state index >= 15 is 0 Å². The highest BCUT2D eigenvalue weighted by molar-refractivity contribution is 14.0. The van der Waals surface area contributed by atoms with Gasteiger partial charge in [-0.3, -0.25) is 9.67 Å². The summed E-state index contributed by atoms with van der Waals surface area (Å²) in [5.41, 5.74) is 1.19. The minimum absolute atomic E-state index is 0. The van der Waals surface area contributed by atoms with E-state index < -0.39 is 0 Å². The molecule has 118 valence electrons. The van der Waals surface area contributed by atoms with E-state index in [0.717, 1.165) is 51.6 Å². The molecule has 21 heavy (non-hydrogen) atoms. The fraction of sp³-hybridized carbons (Fsp3) is 0.714. The van der Waals surface area contributed by atoms with Crippen molar-refractivity contribution in [1.82, 2.24) is 20.4 Å². The standard InChI is InChI=1S/C14H23N5O.HI/c1-2-19-12(4-8-18-19)13-11(5-9-20-13)10-17-14-15-6-3-7-16-14;/h4,8,11,13H,2-3,5-7,9-10H2,1H3,(H2,15,16,17);1H/t11-,13+;/m0./s1. The molecule has 1 aromatic rings. The average Bonchev–Trinajstić information content (AvgIpc) is 3.14. The van der Waals surface area contributed by atoms with E-state index in [1.165, 1.54) is 5.69 Å². The van der Waals surface area contributed by atoms with Gasteiger partial charge in [-0.2, -0.15) is 5.10 Å². The zero-order valence-electron chi connectivity index (χ0n) is 12.4. The molecule has 0 radical (unpaired) electrons. The van der Waals surface area contributed by atoms with Gasteiger partial charge in [0.25, 0.3) is 0 Å². The first-order valence-electron chi connectivity index (χ1n) is 7.54. The van der Waals surface area contributed by atoms with Crippen LogP contribution in [0.25, 0.3) is 0 Å². The molecular weight excluding hydrogens is 381 g/mol. The van der Waals surface area contributed by atoms with Gasteiger partial charge in [0.2, 0.25) is 0 Å². The SMILES string of the molecule is CCn1nccc1[C@@H]1OCC[C@H]1CNC1=NCCCN1.I. The van der Waals surface area contributed by atoms with E-state index in [1.807, 2.05) is 10.9 Å². The molecule has 0 amide bonds. The number of aromatic nitrogens is 2. The predicted molar refractivity (Wildman–Crippen MR) is 93.0 cm³/mol. The Balaban J connectivity index is 0.00000161. The molecule has 0 bridgehead atoms. The van der Waals surface area contributed by atoms with Gasteiger partial charge in [-0.05, 0) is 25.8 Å². The lowest BCUT2D eigenvalue weighted by atomic mass is 9.99. The van der Waals surface area contributed by atoms with E-state index in [2.05, 4.69) is 33.7 Å². The third kappa shape index (κ3) is 3.88. The van der Waals surface area contributed by atoms with Gasteiger partial charge >= 0.3 is 0 Å². The Morgan fingerprint density at radius 2 is 2.43 bits per heavy atom. The van der Waals surface area contributed by atoms with Crippen LogP contribution in [0.5, 0.6) is 0 Å². The number of ether oxygens (including phenoxy) is 1. The molecular formula is C14H24IN5O. The van der Waals surface area contributed by atoms with Crippen LogP contribution in [-0.2, 0) is 11.3 Å². The summed E-state index contributed by atoms with van der Waals surface area (Å²) in [6.45, 7) is 6.65. The van der Waals surface area contributed by atoms with Gasteiger partial charge in [0.05, 0.1) is 5.69 Å². The second kappa shape index (κ2) is 7.98. The monoisotopic (exact) mass is 405 g/mol. The molecule has 1 saturated heterocycles. The highest BCUT2D eigenvalue weighted by atomic mass is 127. The van der Waals surface area contributed by atoms with E-state index in [0.29, 0.717) is 5.92 Å². The van der Waals surface area contributed by atoms with Crippen molar-refractivity contribution >= 4 is 29.9 Å². The van der Waals surface area contributed by atoms with Crippen LogP contribution in [0.1, 0.15) is 31.6 Å². The van der Waals surface area contributed by atoms with Crippen LogP contribution in [0, 0.1) is 5.92 Å². The van der Waals surface area contributed by atoms with Crippen LogP contribution in [-0.4, -0.2) is 42.0 Å². The van der Waals surface area contributed by atoms with Crippen molar-refractivity contribution in [1.29, 1.82) is 0 Å². The molecule has 6 nitrogen and oxygen atoms in total. The molecule has 0 aromatic carbocycles. The molecule has 0 spiro atoms. The van der Waals surface area contributed by atoms with Gasteiger partial charge in [-0.15, -0.1) is 24.0 Å². The van der Waals surface area contributed by atoms with Gasteiger partial charge in [0, 0.05) is 44.9 Å². The fourth-order valence-electron chi connectivity index (χ4n) is 2.90. The molecule has 1 fully saturated rings. The molecule has 3 rings (SSSR count). The van der Waals surface area contributed by atoms with Crippen molar-refractivity contribution in [2.75, 3.05) is 26.2 Å². The quantitative estimate of drug-likeness (QED) is 0.747. The lowest BCUT2D eigenvalue weighted by Crippen LogP contribution is -2.43. The maximum absolute atomic E-state index is 5.93. The summed E-state index contributed by atoms with van der Waals surface area (Å²) < 4.78 is 7.96. The van der Waals surface area contributed by atoms with Crippen molar-refractivity contribution < 1.29 is 4.74 Å². The van der Waals surface area contributed by atoms with Gasteiger partial charge in [0.1, 0.15) is 6.10 Å². The lowest BCUT2D eigenvalue weighted by molar-refractivity contribution is 0.0840. The topological polar surface area (TPSA) is 63.5 Å². The minimum atomic E-state index is 0. The highest BCUT2D eigenvalue weighted by Gasteiger charge is 2.31. The second-order valence-corrected chi connectivity index (χ2v) is 5.30. The molecule has 2 atom stereocenters. The number of aliphatic imine (C=N–C) groups is 1. The Morgan fingerprint density at radius 3 is 3.19 bits per heavy atom. The first-order chi connectivity index (χ1) is 9.88. The van der Waals surface area contributed by atoms with Gasteiger partial charge < -0.3 is 15.4 Å². The van der Waals surface area contributed by atoms with Crippen LogP contribution in [0.3, 0.4) is 0 Å². The summed E-state index contributed by atoms with van der Waals surface area (Å²) in [6, 6.07) is 2.07. The Morgan fingerprint density at radius 1 is 1.52 bits per heavy atom. The minimum Gasteiger partial charge on any atom is -0.372 e. The van der Waals surface area contributed by atoms with Crippen molar-refractivity contribution in [2.45, 2.75) is 32.4 Å². The molecule has 7 heteroatoms. The third-order valence-corrected chi connectivity index (χ3v) is 3.98. The van der Waals surface area contributed by atoms with E-state index in [4.69, 9.17) is 4.74 Å². The number of hydrogen-bond acceptors (Lipinski definition) is 5. The largest absolute Gasteiger partial charge is 0.372 e. The number of halogens is 1. The zero-order valence-corrected chi connectivity index (χ0v) is 14.7. The smallest absolute Gasteiger partial charge is 0.191 e. The second-order valence-electron chi connectivity index (χ2n) is 5.30. The van der Waals surface area contributed by atoms with Crippen LogP contribution < -0.4 is 10.6 Å². The summed E-state index contributed by atoms with van der Waals surface area (Å²) in [6.07, 6.45) is 4.21. The van der Waals surface area contributed by atoms with E-state index in [1.54, 1.807) is 0 Å². The Labute approximate surface area is 142 Å².